The summed E-state index contributed by atoms with van der Waals surface area (Å²) in [6, 6.07) is 8.02. The maximum atomic E-state index is 12.6. The van der Waals surface area contributed by atoms with E-state index in [0.29, 0.717) is 18.5 Å². The second-order valence-corrected chi connectivity index (χ2v) is 6.43. The molecule has 0 saturated carbocycles. The molecule has 0 fully saturated rings. The minimum Gasteiger partial charge on any atom is -0.451 e. The number of hydrogen-bond donors (Lipinski definition) is 0. The summed E-state index contributed by atoms with van der Waals surface area (Å²) in [7, 11) is 0. The molecule has 7 heteroatoms. The largest absolute Gasteiger partial charge is 0.451 e. The molecule has 2 aromatic rings. The van der Waals surface area contributed by atoms with E-state index in [4.69, 9.17) is 16.3 Å². The Bertz CT molecular complexity index is 897. The van der Waals surface area contributed by atoms with Gasteiger partial charge in [0.1, 0.15) is 5.15 Å². The Morgan fingerprint density at radius 2 is 1.96 bits per heavy atom. The number of carbonyl (C=O) groups is 3. The average molecular weight is 373 g/mol. The van der Waals surface area contributed by atoms with Crippen LogP contribution in [-0.4, -0.2) is 35.3 Å². The van der Waals surface area contributed by atoms with Crippen molar-refractivity contribution >= 4 is 34.9 Å². The fourth-order valence-electron chi connectivity index (χ4n) is 2.93. The normalized spacial score (nSPS) is 13.9. The van der Waals surface area contributed by atoms with Crippen molar-refractivity contribution in [1.29, 1.82) is 0 Å². The van der Waals surface area contributed by atoms with Crippen molar-refractivity contribution in [2.45, 2.75) is 26.4 Å². The number of Topliss-reactive ketones (excluding diaryl/α,β-unsaturated/α-hetero) is 1. The number of benzene rings is 1. The number of halogens is 1. The molecule has 1 amide bonds. The Morgan fingerprint density at radius 3 is 2.65 bits per heavy atom. The molecule has 6 nitrogen and oxygen atoms in total. The first-order valence-corrected chi connectivity index (χ1v) is 8.52. The summed E-state index contributed by atoms with van der Waals surface area (Å²) in [5.74, 6) is -0.970. The zero-order valence-electron chi connectivity index (χ0n) is 14.4. The number of carbonyl (C=O) groups excluding carboxylic acids is 3. The van der Waals surface area contributed by atoms with Gasteiger partial charge in [0.15, 0.2) is 6.10 Å². The van der Waals surface area contributed by atoms with Crippen LogP contribution in [0.15, 0.2) is 36.5 Å². The molecule has 0 aliphatic carbocycles. The zero-order valence-corrected chi connectivity index (χ0v) is 15.1. The quantitative estimate of drug-likeness (QED) is 0.468. The number of esters is 1. The Morgan fingerprint density at radius 1 is 1.19 bits per heavy atom. The minimum absolute atomic E-state index is 0.0267. The summed E-state index contributed by atoms with van der Waals surface area (Å²) >= 11 is 5.76. The highest BCUT2D eigenvalue weighted by Gasteiger charge is 2.25. The molecule has 0 N–H and O–H groups in total. The summed E-state index contributed by atoms with van der Waals surface area (Å²) < 4.78 is 5.25. The van der Waals surface area contributed by atoms with Crippen LogP contribution in [-0.2, 0) is 16.0 Å². The fraction of sp³-hybridized carbons (Fsp3) is 0.263. The van der Waals surface area contributed by atoms with E-state index in [-0.39, 0.29) is 22.4 Å². The topological polar surface area (TPSA) is 76.6 Å². The van der Waals surface area contributed by atoms with Crippen LogP contribution in [0.4, 0.5) is 5.69 Å². The van der Waals surface area contributed by atoms with Crippen molar-refractivity contribution in [2.75, 3.05) is 11.4 Å². The van der Waals surface area contributed by atoms with Crippen molar-refractivity contribution in [1.82, 2.24) is 4.98 Å². The standard InChI is InChI=1S/C19H17ClN2O4/c1-11(26-19(25)15-5-7-21-17(20)10-15)18(24)14-3-4-16-13(9-14)6-8-22(16)12(2)23/h3-5,7,9-11H,6,8H2,1-2H3. The monoisotopic (exact) mass is 372 g/mol. The van der Waals surface area contributed by atoms with Gasteiger partial charge < -0.3 is 9.64 Å². The van der Waals surface area contributed by atoms with Gasteiger partial charge in [-0.1, -0.05) is 11.6 Å². The third-order valence-corrected chi connectivity index (χ3v) is 4.46. The van der Waals surface area contributed by atoms with Gasteiger partial charge in [0.2, 0.25) is 11.7 Å². The third kappa shape index (κ3) is 3.60. The molecule has 0 saturated heterocycles. The number of fused-ring (bicyclic) bond motifs is 1. The molecule has 1 aliphatic rings. The van der Waals surface area contributed by atoms with Gasteiger partial charge in [-0.15, -0.1) is 0 Å². The summed E-state index contributed by atoms with van der Waals surface area (Å²) in [5.41, 5.74) is 2.44. The van der Waals surface area contributed by atoms with Crippen LogP contribution in [0.25, 0.3) is 0 Å². The summed E-state index contributed by atoms with van der Waals surface area (Å²) in [5, 5.41) is 0.173. The molecule has 1 aromatic carbocycles. The van der Waals surface area contributed by atoms with Gasteiger partial charge in [-0.05, 0) is 49.2 Å². The molecule has 2 heterocycles. The average Bonchev–Trinajstić information content (AvgIpc) is 3.04. The van der Waals surface area contributed by atoms with Crippen molar-refractivity contribution in [3.05, 3.63) is 58.4 Å². The van der Waals surface area contributed by atoms with Gasteiger partial charge in [-0.25, -0.2) is 9.78 Å². The number of amides is 1. The Hall–Kier alpha value is -2.73. The number of nitrogens with zero attached hydrogens (tertiary/aromatic N) is 2. The molecule has 26 heavy (non-hydrogen) atoms. The van der Waals surface area contributed by atoms with E-state index >= 15 is 0 Å². The van der Waals surface area contributed by atoms with Crippen molar-refractivity contribution in [3.63, 3.8) is 0 Å². The van der Waals surface area contributed by atoms with Gasteiger partial charge >= 0.3 is 5.97 Å². The SMILES string of the molecule is CC(=O)N1CCc2cc(C(=O)C(C)OC(=O)c3ccnc(Cl)c3)ccc21. The van der Waals surface area contributed by atoms with Crippen molar-refractivity contribution in [2.24, 2.45) is 0 Å². The van der Waals surface area contributed by atoms with Crippen LogP contribution < -0.4 is 4.90 Å². The first-order chi connectivity index (χ1) is 12.4. The maximum Gasteiger partial charge on any atom is 0.339 e. The molecule has 1 aliphatic heterocycles. The van der Waals surface area contributed by atoms with E-state index in [9.17, 15) is 14.4 Å². The second kappa shape index (κ2) is 7.25. The molecular formula is C19H17ClN2O4. The highest BCUT2D eigenvalue weighted by molar-refractivity contribution is 6.29. The minimum atomic E-state index is -0.946. The van der Waals surface area contributed by atoms with Gasteiger partial charge in [0, 0.05) is 30.9 Å². The van der Waals surface area contributed by atoms with E-state index < -0.39 is 12.1 Å². The van der Waals surface area contributed by atoms with Crippen LogP contribution in [0.3, 0.4) is 0 Å². The Labute approximate surface area is 155 Å². The van der Waals surface area contributed by atoms with Crippen molar-refractivity contribution in [3.8, 4) is 0 Å². The maximum absolute atomic E-state index is 12.6. The molecule has 0 spiro atoms. The molecule has 1 aromatic heterocycles. The smallest absolute Gasteiger partial charge is 0.339 e. The lowest BCUT2D eigenvalue weighted by atomic mass is 10.0. The number of ether oxygens (including phenoxy) is 1. The molecule has 1 unspecified atom stereocenters. The van der Waals surface area contributed by atoms with Crippen LogP contribution in [0.1, 0.15) is 40.1 Å². The van der Waals surface area contributed by atoms with E-state index in [0.717, 1.165) is 11.3 Å². The van der Waals surface area contributed by atoms with E-state index in [1.807, 2.05) is 0 Å². The molecule has 0 bridgehead atoms. The Balaban J connectivity index is 1.73. The summed E-state index contributed by atoms with van der Waals surface area (Å²) in [6.07, 6.45) is 1.14. The fourth-order valence-corrected chi connectivity index (χ4v) is 3.10. The molecular weight excluding hydrogens is 356 g/mol. The van der Waals surface area contributed by atoms with Gasteiger partial charge in [-0.2, -0.15) is 0 Å². The lowest BCUT2D eigenvalue weighted by molar-refractivity contribution is -0.116. The number of rotatable bonds is 4. The van der Waals surface area contributed by atoms with E-state index in [1.165, 1.54) is 32.2 Å². The van der Waals surface area contributed by atoms with Crippen LogP contribution in [0.2, 0.25) is 5.15 Å². The summed E-state index contributed by atoms with van der Waals surface area (Å²) in [6.45, 7) is 3.65. The second-order valence-electron chi connectivity index (χ2n) is 6.04. The Kier molecular flexibility index (Phi) is 5.04. The summed E-state index contributed by atoms with van der Waals surface area (Å²) in [4.78, 5) is 41.8. The lowest BCUT2D eigenvalue weighted by Crippen LogP contribution is -2.26. The number of ketones is 1. The molecule has 3 rings (SSSR count). The predicted octanol–water partition coefficient (Wildman–Crippen LogP) is 3.07. The number of pyridine rings is 1. The zero-order chi connectivity index (χ0) is 18.8. The molecule has 134 valence electrons. The van der Waals surface area contributed by atoms with Gasteiger partial charge in [0.05, 0.1) is 5.56 Å². The highest BCUT2D eigenvalue weighted by atomic mass is 35.5. The van der Waals surface area contributed by atoms with Gasteiger partial charge in [-0.3, -0.25) is 9.59 Å². The third-order valence-electron chi connectivity index (χ3n) is 4.25. The number of aromatic nitrogens is 1. The highest BCUT2D eigenvalue weighted by Crippen LogP contribution is 2.29. The molecule has 1 atom stereocenters. The van der Waals surface area contributed by atoms with E-state index in [2.05, 4.69) is 4.98 Å². The van der Waals surface area contributed by atoms with Crippen LogP contribution in [0, 0.1) is 0 Å². The lowest BCUT2D eigenvalue weighted by Gasteiger charge is -2.16. The number of anilines is 1. The first-order valence-electron chi connectivity index (χ1n) is 8.14. The van der Waals surface area contributed by atoms with Crippen LogP contribution in [0.5, 0.6) is 0 Å². The first kappa shape index (κ1) is 18.1. The number of hydrogen-bond acceptors (Lipinski definition) is 5. The van der Waals surface area contributed by atoms with E-state index in [1.54, 1.807) is 23.1 Å². The van der Waals surface area contributed by atoms with Crippen molar-refractivity contribution < 1.29 is 19.1 Å². The predicted molar refractivity (Wildman–Crippen MR) is 96.6 cm³/mol. The van der Waals surface area contributed by atoms with Crippen LogP contribution >= 0.6 is 11.6 Å². The molecule has 0 radical (unpaired) electrons. The van der Waals surface area contributed by atoms with Gasteiger partial charge in [0.25, 0.3) is 0 Å².